The van der Waals surface area contributed by atoms with Crippen LogP contribution in [0.1, 0.15) is 28.3 Å². The van der Waals surface area contributed by atoms with Crippen LogP contribution in [0.2, 0.25) is 0 Å². The van der Waals surface area contributed by atoms with E-state index >= 15 is 0 Å². The molecule has 4 heteroatoms. The second kappa shape index (κ2) is 6.01. The summed E-state index contributed by atoms with van der Waals surface area (Å²) in [6.07, 6.45) is -4.16. The molecule has 21 heavy (non-hydrogen) atoms. The van der Waals surface area contributed by atoms with Crippen LogP contribution in [0.5, 0.6) is 0 Å². The summed E-state index contributed by atoms with van der Waals surface area (Å²) in [4.78, 5) is 3.40. The van der Waals surface area contributed by atoms with Gasteiger partial charge in [0.05, 0.1) is 12.0 Å². The number of alkyl halides is 3. The highest BCUT2D eigenvalue weighted by molar-refractivity contribution is 5.35. The molecule has 2 rings (SSSR count). The van der Waals surface area contributed by atoms with Gasteiger partial charge in [0, 0.05) is 5.56 Å². The van der Waals surface area contributed by atoms with Crippen LogP contribution in [0.15, 0.2) is 48.5 Å². The molecule has 0 saturated heterocycles. The number of hydrogen-bond acceptors (Lipinski definition) is 0. The third-order valence-corrected chi connectivity index (χ3v) is 3.33. The van der Waals surface area contributed by atoms with Crippen LogP contribution >= 0.6 is 0 Å². The third kappa shape index (κ3) is 3.63. The van der Waals surface area contributed by atoms with E-state index in [4.69, 9.17) is 6.57 Å². The van der Waals surface area contributed by atoms with E-state index in [-0.39, 0.29) is 12.0 Å². The average molecular weight is 289 g/mol. The predicted octanol–water partition coefficient (Wildman–Crippen LogP) is 5.22. The van der Waals surface area contributed by atoms with Gasteiger partial charge in [-0.1, -0.05) is 48.0 Å². The van der Waals surface area contributed by atoms with Crippen molar-refractivity contribution >= 4 is 0 Å². The molecule has 0 aliphatic heterocycles. The molecule has 0 spiro atoms. The Hall–Kier alpha value is -2.28. The smallest absolute Gasteiger partial charge is 0.308 e. The van der Waals surface area contributed by atoms with Crippen molar-refractivity contribution in [2.45, 2.75) is 25.6 Å². The fourth-order valence-electron chi connectivity index (χ4n) is 2.22. The maximum atomic E-state index is 13.0. The molecule has 0 amide bonds. The van der Waals surface area contributed by atoms with Gasteiger partial charge in [-0.25, -0.2) is 6.57 Å². The first-order chi connectivity index (χ1) is 9.91. The Labute approximate surface area is 121 Å². The van der Waals surface area contributed by atoms with Crippen LogP contribution < -0.4 is 0 Å². The summed E-state index contributed by atoms with van der Waals surface area (Å²) in [5, 5.41) is 0. The van der Waals surface area contributed by atoms with Gasteiger partial charge in [-0.15, -0.1) is 0 Å². The molecule has 108 valence electrons. The quantitative estimate of drug-likeness (QED) is 0.683. The molecule has 0 saturated carbocycles. The summed E-state index contributed by atoms with van der Waals surface area (Å²) in [6.45, 7) is 9.19. The van der Waals surface area contributed by atoms with Crippen molar-refractivity contribution in [3.05, 3.63) is 82.2 Å². The number of aryl methyl sites for hydroxylation is 1. The van der Waals surface area contributed by atoms with Crippen LogP contribution in [0, 0.1) is 13.5 Å². The van der Waals surface area contributed by atoms with E-state index in [0.717, 1.165) is 17.2 Å². The van der Waals surface area contributed by atoms with E-state index in [2.05, 4.69) is 4.85 Å². The topological polar surface area (TPSA) is 4.36 Å². The van der Waals surface area contributed by atoms with E-state index < -0.39 is 17.8 Å². The highest BCUT2D eigenvalue weighted by Crippen LogP contribution is 2.36. The molecular formula is C17H14F3N. The Morgan fingerprint density at radius 1 is 1.05 bits per heavy atom. The standard InChI is InChI=1S/C17H14F3N/c1-12-7-9-13(10-8-12)11-16(21-2)14-5-3-4-6-15(14)17(18,19)20/h3-10,16H,11H2,1H3. The summed E-state index contributed by atoms with van der Waals surface area (Å²) in [5.41, 5.74) is 1.26. The molecule has 0 radical (unpaired) electrons. The maximum absolute atomic E-state index is 13.0. The number of nitrogens with zero attached hydrogens (tertiary/aromatic N) is 1. The molecule has 1 nitrogen and oxygen atoms in total. The summed E-state index contributed by atoms with van der Waals surface area (Å²) in [6, 6.07) is 12.0. The monoisotopic (exact) mass is 289 g/mol. The Morgan fingerprint density at radius 2 is 1.67 bits per heavy atom. The first-order valence-corrected chi connectivity index (χ1v) is 6.50. The summed E-state index contributed by atoms with van der Waals surface area (Å²) >= 11 is 0. The van der Waals surface area contributed by atoms with Crippen LogP contribution in [0.3, 0.4) is 0 Å². The van der Waals surface area contributed by atoms with E-state index in [1.165, 1.54) is 18.2 Å². The molecule has 2 aromatic carbocycles. The van der Waals surface area contributed by atoms with Gasteiger partial charge in [-0.05, 0) is 18.6 Å². The maximum Gasteiger partial charge on any atom is 0.416 e. The number of rotatable bonds is 3. The van der Waals surface area contributed by atoms with Crippen molar-refractivity contribution in [1.29, 1.82) is 0 Å². The Bertz CT molecular complexity index is 651. The van der Waals surface area contributed by atoms with Gasteiger partial charge < -0.3 is 4.85 Å². The lowest BCUT2D eigenvalue weighted by Crippen LogP contribution is -2.12. The third-order valence-electron chi connectivity index (χ3n) is 3.33. The molecule has 0 aliphatic rings. The van der Waals surface area contributed by atoms with Crippen molar-refractivity contribution in [2.24, 2.45) is 0 Å². The molecule has 0 fully saturated rings. The van der Waals surface area contributed by atoms with E-state index in [1.54, 1.807) is 0 Å². The van der Waals surface area contributed by atoms with Crippen molar-refractivity contribution in [3.8, 4) is 0 Å². The SMILES string of the molecule is [C-]#[N+]C(Cc1ccc(C)cc1)c1ccccc1C(F)(F)F. The van der Waals surface area contributed by atoms with E-state index in [0.29, 0.717) is 0 Å². The van der Waals surface area contributed by atoms with Gasteiger partial charge in [0.25, 0.3) is 6.04 Å². The lowest BCUT2D eigenvalue weighted by atomic mass is 9.95. The Morgan fingerprint density at radius 3 is 2.24 bits per heavy atom. The highest BCUT2D eigenvalue weighted by atomic mass is 19.4. The first kappa shape index (κ1) is 15.1. The average Bonchev–Trinajstić information content (AvgIpc) is 2.46. The molecule has 0 aliphatic carbocycles. The van der Waals surface area contributed by atoms with Crippen molar-refractivity contribution < 1.29 is 13.2 Å². The van der Waals surface area contributed by atoms with Gasteiger partial charge in [-0.2, -0.15) is 13.2 Å². The Balaban J connectivity index is 2.35. The number of hydrogen-bond donors (Lipinski definition) is 0. The van der Waals surface area contributed by atoms with Gasteiger partial charge in [0.1, 0.15) is 0 Å². The zero-order chi connectivity index (χ0) is 15.5. The van der Waals surface area contributed by atoms with Gasteiger partial charge >= 0.3 is 6.18 Å². The van der Waals surface area contributed by atoms with Crippen LogP contribution in [0.25, 0.3) is 4.85 Å². The molecule has 2 aromatic rings. The summed E-state index contributed by atoms with van der Waals surface area (Å²) < 4.78 is 39.1. The van der Waals surface area contributed by atoms with Crippen LogP contribution in [-0.2, 0) is 12.6 Å². The van der Waals surface area contributed by atoms with Crippen LogP contribution in [0.4, 0.5) is 13.2 Å². The predicted molar refractivity (Wildman–Crippen MR) is 75.7 cm³/mol. The number of halogens is 3. The van der Waals surface area contributed by atoms with Gasteiger partial charge in [-0.3, -0.25) is 0 Å². The summed E-state index contributed by atoms with van der Waals surface area (Å²) in [7, 11) is 0. The van der Waals surface area contributed by atoms with E-state index in [9.17, 15) is 13.2 Å². The van der Waals surface area contributed by atoms with E-state index in [1.807, 2.05) is 31.2 Å². The molecule has 0 heterocycles. The largest absolute Gasteiger partial charge is 0.416 e. The zero-order valence-electron chi connectivity index (χ0n) is 11.5. The summed E-state index contributed by atoms with van der Waals surface area (Å²) in [5.74, 6) is 0. The van der Waals surface area contributed by atoms with Gasteiger partial charge in [0.2, 0.25) is 0 Å². The fraction of sp³-hybridized carbons (Fsp3) is 0.235. The number of benzene rings is 2. The minimum absolute atomic E-state index is 0.0422. The highest BCUT2D eigenvalue weighted by Gasteiger charge is 2.36. The molecular weight excluding hydrogens is 275 g/mol. The minimum atomic E-state index is -4.44. The Kier molecular flexibility index (Phi) is 4.32. The first-order valence-electron chi connectivity index (χ1n) is 6.50. The molecule has 0 aromatic heterocycles. The van der Waals surface area contributed by atoms with Crippen molar-refractivity contribution in [3.63, 3.8) is 0 Å². The van der Waals surface area contributed by atoms with Crippen LogP contribution in [-0.4, -0.2) is 0 Å². The minimum Gasteiger partial charge on any atom is -0.308 e. The van der Waals surface area contributed by atoms with Crippen molar-refractivity contribution in [1.82, 2.24) is 0 Å². The van der Waals surface area contributed by atoms with Crippen molar-refractivity contribution in [2.75, 3.05) is 0 Å². The molecule has 0 bridgehead atoms. The molecule has 1 unspecified atom stereocenters. The molecule has 0 N–H and O–H groups in total. The lowest BCUT2D eigenvalue weighted by molar-refractivity contribution is -0.138. The van der Waals surface area contributed by atoms with Gasteiger partial charge in [0.15, 0.2) is 0 Å². The second-order valence-electron chi connectivity index (χ2n) is 4.92. The normalized spacial score (nSPS) is 12.7. The molecule has 1 atom stereocenters. The lowest BCUT2D eigenvalue weighted by Gasteiger charge is -2.14. The fourth-order valence-corrected chi connectivity index (χ4v) is 2.22. The zero-order valence-corrected chi connectivity index (χ0v) is 11.5. The second-order valence-corrected chi connectivity index (χ2v) is 4.92.